The van der Waals surface area contributed by atoms with Gasteiger partial charge in [0.1, 0.15) is 11.6 Å². The molecule has 1 aliphatic heterocycles. The predicted molar refractivity (Wildman–Crippen MR) is 88.2 cm³/mol. The fourth-order valence-electron chi connectivity index (χ4n) is 2.87. The van der Waals surface area contributed by atoms with Gasteiger partial charge < -0.3 is 15.4 Å². The summed E-state index contributed by atoms with van der Waals surface area (Å²) in [5.74, 6) is 2.85. The van der Waals surface area contributed by atoms with Gasteiger partial charge in [0, 0.05) is 24.8 Å². The van der Waals surface area contributed by atoms with Gasteiger partial charge in [0.15, 0.2) is 0 Å². The minimum atomic E-state index is 0.573. The molecule has 5 heteroatoms. The third-order valence-electron chi connectivity index (χ3n) is 4.25. The van der Waals surface area contributed by atoms with Crippen molar-refractivity contribution in [3.8, 4) is 5.75 Å². The zero-order valence-corrected chi connectivity index (χ0v) is 13.1. The van der Waals surface area contributed by atoms with Gasteiger partial charge in [0.2, 0.25) is 5.95 Å². The van der Waals surface area contributed by atoms with Crippen LogP contribution < -0.4 is 15.4 Å². The highest BCUT2D eigenvalue weighted by Gasteiger charge is 2.24. The van der Waals surface area contributed by atoms with Crippen molar-refractivity contribution in [1.82, 2.24) is 9.97 Å². The first kappa shape index (κ1) is 14.6. The van der Waals surface area contributed by atoms with Gasteiger partial charge in [0.05, 0.1) is 7.11 Å². The normalized spacial score (nSPS) is 17.7. The summed E-state index contributed by atoms with van der Waals surface area (Å²) in [5, 5.41) is 0. The summed E-state index contributed by atoms with van der Waals surface area (Å²) >= 11 is 0. The van der Waals surface area contributed by atoms with Crippen LogP contribution in [0.25, 0.3) is 0 Å². The first-order chi connectivity index (χ1) is 10.7. The SMILES string of the molecule is COc1ccc(CC2CCN(c3ncc(C)c(N)n3)C2)cc1. The van der Waals surface area contributed by atoms with Gasteiger partial charge in [-0.05, 0) is 43.4 Å². The van der Waals surface area contributed by atoms with E-state index >= 15 is 0 Å². The number of methoxy groups -OCH3 is 1. The van der Waals surface area contributed by atoms with Crippen LogP contribution in [0.4, 0.5) is 11.8 Å². The standard InChI is InChI=1S/C17H22N4O/c1-12-10-19-17(20-16(12)18)21-8-7-14(11-21)9-13-3-5-15(22-2)6-4-13/h3-6,10,14H,7-9,11H2,1-2H3,(H2,18,19,20). The molecule has 2 aromatic rings. The lowest BCUT2D eigenvalue weighted by Crippen LogP contribution is -2.23. The van der Waals surface area contributed by atoms with Gasteiger partial charge in [-0.2, -0.15) is 4.98 Å². The van der Waals surface area contributed by atoms with Crippen LogP contribution in [0.1, 0.15) is 17.5 Å². The van der Waals surface area contributed by atoms with Crippen LogP contribution in [-0.2, 0) is 6.42 Å². The highest BCUT2D eigenvalue weighted by Crippen LogP contribution is 2.25. The van der Waals surface area contributed by atoms with Crippen molar-refractivity contribution in [3.05, 3.63) is 41.6 Å². The third kappa shape index (κ3) is 3.13. The van der Waals surface area contributed by atoms with Gasteiger partial charge in [-0.25, -0.2) is 4.98 Å². The maximum absolute atomic E-state index is 5.88. The van der Waals surface area contributed by atoms with E-state index < -0.39 is 0 Å². The molecule has 1 aromatic heterocycles. The number of aromatic nitrogens is 2. The smallest absolute Gasteiger partial charge is 0.227 e. The molecule has 1 aliphatic rings. The lowest BCUT2D eigenvalue weighted by Gasteiger charge is -2.17. The van der Waals surface area contributed by atoms with Crippen molar-refractivity contribution in [2.75, 3.05) is 30.8 Å². The molecule has 1 unspecified atom stereocenters. The second-order valence-corrected chi connectivity index (χ2v) is 5.89. The van der Waals surface area contributed by atoms with Crippen molar-refractivity contribution < 1.29 is 4.74 Å². The van der Waals surface area contributed by atoms with Gasteiger partial charge in [-0.1, -0.05) is 12.1 Å². The Bertz CT molecular complexity index is 642. The van der Waals surface area contributed by atoms with E-state index in [1.54, 1.807) is 13.3 Å². The molecule has 1 fully saturated rings. The Balaban J connectivity index is 1.62. The average molecular weight is 298 g/mol. The van der Waals surface area contributed by atoms with Crippen LogP contribution in [0.3, 0.4) is 0 Å². The Hall–Kier alpha value is -2.30. The summed E-state index contributed by atoms with van der Waals surface area (Å²) in [6.45, 7) is 3.90. The molecule has 1 atom stereocenters. The minimum absolute atomic E-state index is 0.573. The quantitative estimate of drug-likeness (QED) is 0.939. The topological polar surface area (TPSA) is 64.3 Å². The molecule has 0 bridgehead atoms. The number of rotatable bonds is 4. The highest BCUT2D eigenvalue weighted by atomic mass is 16.5. The zero-order valence-electron chi connectivity index (χ0n) is 13.1. The van der Waals surface area contributed by atoms with Crippen LogP contribution in [0.2, 0.25) is 0 Å². The first-order valence-corrected chi connectivity index (χ1v) is 7.62. The molecule has 3 rings (SSSR count). The number of nitrogens with two attached hydrogens (primary N) is 1. The Morgan fingerprint density at radius 1 is 1.32 bits per heavy atom. The number of aryl methyl sites for hydroxylation is 1. The number of hydrogen-bond acceptors (Lipinski definition) is 5. The van der Waals surface area contributed by atoms with Gasteiger partial charge in [0.25, 0.3) is 0 Å². The molecular weight excluding hydrogens is 276 g/mol. The average Bonchev–Trinajstić information content (AvgIpc) is 2.99. The third-order valence-corrected chi connectivity index (χ3v) is 4.25. The second kappa shape index (κ2) is 6.22. The van der Waals surface area contributed by atoms with Crippen molar-refractivity contribution in [3.63, 3.8) is 0 Å². The van der Waals surface area contributed by atoms with E-state index in [0.717, 1.165) is 43.2 Å². The predicted octanol–water partition coefficient (Wildman–Crippen LogP) is 2.44. The van der Waals surface area contributed by atoms with E-state index in [1.165, 1.54) is 5.56 Å². The number of ether oxygens (including phenoxy) is 1. The van der Waals surface area contributed by atoms with Gasteiger partial charge in [-0.15, -0.1) is 0 Å². The van der Waals surface area contributed by atoms with E-state index in [9.17, 15) is 0 Å². The fourth-order valence-corrected chi connectivity index (χ4v) is 2.87. The van der Waals surface area contributed by atoms with Crippen molar-refractivity contribution in [1.29, 1.82) is 0 Å². The molecule has 2 N–H and O–H groups in total. The summed E-state index contributed by atoms with van der Waals surface area (Å²) in [6, 6.07) is 8.32. The molecule has 0 aliphatic carbocycles. The first-order valence-electron chi connectivity index (χ1n) is 7.62. The van der Waals surface area contributed by atoms with E-state index in [2.05, 4.69) is 27.0 Å². The van der Waals surface area contributed by atoms with Gasteiger partial charge in [-0.3, -0.25) is 0 Å². The molecule has 2 heterocycles. The summed E-state index contributed by atoms with van der Waals surface area (Å²) in [5.41, 5.74) is 8.16. The number of nitrogens with zero attached hydrogens (tertiary/aromatic N) is 3. The van der Waals surface area contributed by atoms with Crippen molar-refractivity contribution in [2.45, 2.75) is 19.8 Å². The van der Waals surface area contributed by atoms with Crippen LogP contribution in [0.15, 0.2) is 30.5 Å². The van der Waals surface area contributed by atoms with Crippen molar-refractivity contribution >= 4 is 11.8 Å². The van der Waals surface area contributed by atoms with Crippen LogP contribution in [0, 0.1) is 12.8 Å². The fraction of sp³-hybridized carbons (Fsp3) is 0.412. The lowest BCUT2D eigenvalue weighted by molar-refractivity contribution is 0.414. The summed E-state index contributed by atoms with van der Waals surface area (Å²) in [4.78, 5) is 11.0. The maximum atomic E-state index is 5.88. The number of nitrogen functional groups attached to an aromatic ring is 1. The van der Waals surface area contributed by atoms with E-state index in [1.807, 2.05) is 19.1 Å². The van der Waals surface area contributed by atoms with Gasteiger partial charge >= 0.3 is 0 Å². The Morgan fingerprint density at radius 3 is 2.77 bits per heavy atom. The van der Waals surface area contributed by atoms with E-state index in [0.29, 0.717) is 11.7 Å². The zero-order chi connectivity index (χ0) is 15.5. The Morgan fingerprint density at radius 2 is 2.09 bits per heavy atom. The largest absolute Gasteiger partial charge is 0.497 e. The monoisotopic (exact) mass is 298 g/mol. The molecule has 0 amide bonds. The minimum Gasteiger partial charge on any atom is -0.497 e. The maximum Gasteiger partial charge on any atom is 0.227 e. The van der Waals surface area contributed by atoms with E-state index in [4.69, 9.17) is 10.5 Å². The molecule has 0 saturated carbocycles. The summed E-state index contributed by atoms with van der Waals surface area (Å²) < 4.78 is 5.20. The lowest BCUT2D eigenvalue weighted by atomic mass is 9.99. The van der Waals surface area contributed by atoms with Crippen LogP contribution >= 0.6 is 0 Å². The number of anilines is 2. The second-order valence-electron chi connectivity index (χ2n) is 5.89. The number of benzene rings is 1. The molecular formula is C17H22N4O. The molecule has 5 nitrogen and oxygen atoms in total. The van der Waals surface area contributed by atoms with Crippen LogP contribution in [0.5, 0.6) is 5.75 Å². The van der Waals surface area contributed by atoms with Crippen LogP contribution in [-0.4, -0.2) is 30.2 Å². The Labute approximate surface area is 131 Å². The molecule has 116 valence electrons. The Kier molecular flexibility index (Phi) is 4.13. The molecule has 22 heavy (non-hydrogen) atoms. The summed E-state index contributed by atoms with van der Waals surface area (Å²) in [7, 11) is 1.69. The molecule has 1 saturated heterocycles. The summed E-state index contributed by atoms with van der Waals surface area (Å²) in [6.07, 6.45) is 4.03. The number of hydrogen-bond donors (Lipinski definition) is 1. The molecule has 0 spiro atoms. The van der Waals surface area contributed by atoms with Crippen molar-refractivity contribution in [2.24, 2.45) is 5.92 Å². The van der Waals surface area contributed by atoms with E-state index in [-0.39, 0.29) is 0 Å². The highest BCUT2D eigenvalue weighted by molar-refractivity contribution is 5.44. The molecule has 1 aromatic carbocycles. The molecule has 0 radical (unpaired) electrons.